The normalized spacial score (nSPS) is 16.1. The Morgan fingerprint density at radius 2 is 1.79 bits per heavy atom. The Kier molecular flexibility index (Phi) is 7.17. The second kappa shape index (κ2) is 10.4. The molecule has 1 heterocycles. The summed E-state index contributed by atoms with van der Waals surface area (Å²) >= 11 is 0. The van der Waals surface area contributed by atoms with Crippen LogP contribution in [0.25, 0.3) is 10.8 Å². The summed E-state index contributed by atoms with van der Waals surface area (Å²) in [5.74, 6) is -0.256. The van der Waals surface area contributed by atoms with Gasteiger partial charge in [-0.15, -0.1) is 0 Å². The summed E-state index contributed by atoms with van der Waals surface area (Å²) in [6.45, 7) is -1.38. The molecule has 0 aliphatic carbocycles. The molecule has 0 radical (unpaired) electrons. The fourth-order valence-corrected chi connectivity index (χ4v) is 4.27. The van der Waals surface area contributed by atoms with Crippen molar-refractivity contribution in [2.45, 2.75) is 25.9 Å². The number of nitrogens with one attached hydrogen (secondary N) is 1. The van der Waals surface area contributed by atoms with Crippen LogP contribution < -0.4 is 10.1 Å². The van der Waals surface area contributed by atoms with E-state index in [1.54, 1.807) is 17.0 Å². The molecule has 1 unspecified atom stereocenters. The van der Waals surface area contributed by atoms with Gasteiger partial charge < -0.3 is 15.0 Å². The van der Waals surface area contributed by atoms with Gasteiger partial charge in [0.15, 0.2) is 0 Å². The molecule has 3 aromatic rings. The average Bonchev–Trinajstić information content (AvgIpc) is 2.84. The predicted octanol–water partition coefficient (Wildman–Crippen LogP) is 4.65. The molecule has 1 atom stereocenters. The quantitative estimate of drug-likeness (QED) is 0.568. The number of alkyl halides is 2. The van der Waals surface area contributed by atoms with E-state index in [9.17, 15) is 18.4 Å². The number of fused-ring (bicyclic) bond motifs is 1. The van der Waals surface area contributed by atoms with Crippen LogP contribution in [-0.4, -0.2) is 43.0 Å². The van der Waals surface area contributed by atoms with Crippen LogP contribution in [0.4, 0.5) is 8.78 Å². The fourth-order valence-electron chi connectivity index (χ4n) is 4.27. The Bertz CT molecular complexity index is 1110. The lowest BCUT2D eigenvalue weighted by Crippen LogP contribution is -2.45. The van der Waals surface area contributed by atoms with Crippen LogP contribution >= 0.6 is 0 Å². The van der Waals surface area contributed by atoms with E-state index in [1.807, 2.05) is 42.5 Å². The first kappa shape index (κ1) is 22.7. The lowest BCUT2D eigenvalue weighted by Gasteiger charge is -2.32. The van der Waals surface area contributed by atoms with Gasteiger partial charge in [0.2, 0.25) is 5.91 Å². The Morgan fingerprint density at radius 1 is 1.03 bits per heavy atom. The van der Waals surface area contributed by atoms with Crippen LogP contribution in [-0.2, 0) is 11.2 Å². The molecule has 3 aromatic carbocycles. The number of carbonyl (C=O) groups excluding carboxylic acids is 2. The zero-order valence-corrected chi connectivity index (χ0v) is 18.2. The molecule has 5 nitrogen and oxygen atoms in total. The molecular formula is C26H26F2N2O3. The topological polar surface area (TPSA) is 58.6 Å². The van der Waals surface area contributed by atoms with Crippen molar-refractivity contribution < 1.29 is 23.1 Å². The van der Waals surface area contributed by atoms with Crippen LogP contribution in [0.2, 0.25) is 0 Å². The highest BCUT2D eigenvalue weighted by Crippen LogP contribution is 2.24. The SMILES string of the molecule is O=C(NCCc1ccc(OC(F)F)cc1)C1CCCN(C(=O)c2cccc3ccccc23)C1. The van der Waals surface area contributed by atoms with Gasteiger partial charge in [0, 0.05) is 25.2 Å². The molecule has 2 amide bonds. The first-order valence-corrected chi connectivity index (χ1v) is 11.1. The van der Waals surface area contributed by atoms with E-state index in [0.29, 0.717) is 31.6 Å². The summed E-state index contributed by atoms with van der Waals surface area (Å²) in [6, 6.07) is 19.9. The van der Waals surface area contributed by atoms with Crippen LogP contribution in [0.1, 0.15) is 28.8 Å². The molecule has 7 heteroatoms. The molecule has 0 saturated carbocycles. The third kappa shape index (κ3) is 5.66. The Hall–Kier alpha value is -3.48. The summed E-state index contributed by atoms with van der Waals surface area (Å²) in [4.78, 5) is 27.7. The molecule has 0 aromatic heterocycles. The summed E-state index contributed by atoms with van der Waals surface area (Å²) in [7, 11) is 0. The number of ether oxygens (including phenoxy) is 1. The highest BCUT2D eigenvalue weighted by Gasteiger charge is 2.29. The van der Waals surface area contributed by atoms with Crippen molar-refractivity contribution in [3.63, 3.8) is 0 Å². The van der Waals surface area contributed by atoms with E-state index < -0.39 is 6.61 Å². The number of likely N-dealkylation sites (tertiary alicyclic amines) is 1. The molecule has 1 N–H and O–H groups in total. The molecule has 172 valence electrons. The van der Waals surface area contributed by atoms with Crippen molar-refractivity contribution >= 4 is 22.6 Å². The Labute approximate surface area is 191 Å². The maximum atomic E-state index is 13.2. The highest BCUT2D eigenvalue weighted by atomic mass is 19.3. The number of hydrogen-bond donors (Lipinski definition) is 1. The second-order valence-electron chi connectivity index (χ2n) is 8.18. The van der Waals surface area contributed by atoms with Gasteiger partial charge >= 0.3 is 6.61 Å². The molecule has 33 heavy (non-hydrogen) atoms. The Morgan fingerprint density at radius 3 is 2.58 bits per heavy atom. The number of hydrogen-bond acceptors (Lipinski definition) is 3. The highest BCUT2D eigenvalue weighted by molar-refractivity contribution is 6.07. The van der Waals surface area contributed by atoms with E-state index in [1.165, 1.54) is 12.1 Å². The third-order valence-electron chi connectivity index (χ3n) is 5.96. The first-order chi connectivity index (χ1) is 16.0. The van der Waals surface area contributed by atoms with E-state index in [0.717, 1.165) is 29.2 Å². The van der Waals surface area contributed by atoms with Crippen molar-refractivity contribution in [3.05, 3.63) is 77.9 Å². The number of amides is 2. The van der Waals surface area contributed by atoms with Gasteiger partial charge in [-0.1, -0.05) is 48.5 Å². The number of nitrogens with zero attached hydrogens (tertiary/aromatic N) is 1. The van der Waals surface area contributed by atoms with Crippen molar-refractivity contribution in [2.24, 2.45) is 5.92 Å². The number of piperidine rings is 1. The maximum Gasteiger partial charge on any atom is 0.387 e. The summed E-state index contributed by atoms with van der Waals surface area (Å²) in [5, 5.41) is 4.88. The van der Waals surface area contributed by atoms with Crippen LogP contribution in [0.5, 0.6) is 5.75 Å². The lowest BCUT2D eigenvalue weighted by atomic mass is 9.95. The summed E-state index contributed by atoms with van der Waals surface area (Å²) in [6.07, 6.45) is 2.09. The van der Waals surface area contributed by atoms with E-state index in [-0.39, 0.29) is 23.5 Å². The van der Waals surface area contributed by atoms with Gasteiger partial charge in [-0.3, -0.25) is 9.59 Å². The van der Waals surface area contributed by atoms with Gasteiger partial charge in [0.05, 0.1) is 5.92 Å². The lowest BCUT2D eigenvalue weighted by molar-refractivity contribution is -0.126. The molecule has 1 saturated heterocycles. The van der Waals surface area contributed by atoms with Crippen molar-refractivity contribution in [1.29, 1.82) is 0 Å². The molecule has 4 rings (SSSR count). The van der Waals surface area contributed by atoms with Crippen molar-refractivity contribution in [3.8, 4) is 5.75 Å². The summed E-state index contributed by atoms with van der Waals surface area (Å²) in [5.41, 5.74) is 1.57. The van der Waals surface area contributed by atoms with Crippen LogP contribution in [0.15, 0.2) is 66.7 Å². The molecule has 1 fully saturated rings. The number of carbonyl (C=O) groups is 2. The van der Waals surface area contributed by atoms with E-state index in [4.69, 9.17) is 0 Å². The molecule has 0 bridgehead atoms. The molecule has 0 spiro atoms. The average molecular weight is 453 g/mol. The van der Waals surface area contributed by atoms with Gasteiger partial charge in [-0.25, -0.2) is 0 Å². The molecule has 1 aliphatic rings. The zero-order valence-electron chi connectivity index (χ0n) is 18.2. The zero-order chi connectivity index (χ0) is 23.2. The number of benzene rings is 3. The third-order valence-corrected chi connectivity index (χ3v) is 5.96. The van der Waals surface area contributed by atoms with Crippen molar-refractivity contribution in [2.75, 3.05) is 19.6 Å². The molecular weight excluding hydrogens is 426 g/mol. The standard InChI is InChI=1S/C26H26F2N2O3/c27-26(28)33-21-12-10-18(11-13-21)14-15-29-24(31)20-7-4-16-30(17-20)25(32)23-9-3-6-19-5-1-2-8-22(19)23/h1-3,5-6,8-13,20,26H,4,7,14-17H2,(H,29,31). The largest absolute Gasteiger partial charge is 0.435 e. The minimum atomic E-state index is -2.85. The van der Waals surface area contributed by atoms with Gasteiger partial charge in [-0.05, 0) is 53.8 Å². The van der Waals surface area contributed by atoms with Gasteiger partial charge in [0.25, 0.3) is 5.91 Å². The smallest absolute Gasteiger partial charge is 0.387 e. The van der Waals surface area contributed by atoms with E-state index in [2.05, 4.69) is 10.1 Å². The fraction of sp³-hybridized carbons (Fsp3) is 0.308. The van der Waals surface area contributed by atoms with Crippen LogP contribution in [0, 0.1) is 5.92 Å². The monoisotopic (exact) mass is 452 g/mol. The van der Waals surface area contributed by atoms with Crippen molar-refractivity contribution in [1.82, 2.24) is 10.2 Å². The predicted molar refractivity (Wildman–Crippen MR) is 122 cm³/mol. The minimum absolute atomic E-state index is 0.0459. The van der Waals surface area contributed by atoms with E-state index >= 15 is 0 Å². The first-order valence-electron chi connectivity index (χ1n) is 11.1. The maximum absolute atomic E-state index is 13.2. The summed E-state index contributed by atoms with van der Waals surface area (Å²) < 4.78 is 28.8. The van der Waals surface area contributed by atoms with Crippen LogP contribution in [0.3, 0.4) is 0 Å². The number of rotatable bonds is 7. The van der Waals surface area contributed by atoms with Gasteiger partial charge in [-0.2, -0.15) is 8.78 Å². The minimum Gasteiger partial charge on any atom is -0.435 e. The second-order valence-corrected chi connectivity index (χ2v) is 8.18. The Balaban J connectivity index is 1.31. The number of halogens is 2. The van der Waals surface area contributed by atoms with Gasteiger partial charge in [0.1, 0.15) is 5.75 Å². The molecule has 1 aliphatic heterocycles.